The van der Waals surface area contributed by atoms with Crippen molar-refractivity contribution in [2.75, 3.05) is 20.3 Å². The van der Waals surface area contributed by atoms with E-state index >= 15 is 0 Å². The van der Waals surface area contributed by atoms with Gasteiger partial charge in [-0.05, 0) is 30.4 Å². The third-order valence-electron chi connectivity index (χ3n) is 5.21. The molecular formula is C22H35N3O5. The van der Waals surface area contributed by atoms with E-state index in [4.69, 9.17) is 15.6 Å². The van der Waals surface area contributed by atoms with Crippen molar-refractivity contribution >= 4 is 17.8 Å². The molecule has 8 heteroatoms. The molecular weight excluding hydrogens is 386 g/mol. The van der Waals surface area contributed by atoms with Gasteiger partial charge in [0.25, 0.3) is 0 Å². The van der Waals surface area contributed by atoms with Crippen LogP contribution in [0.25, 0.3) is 0 Å². The standard InChI is InChI=1S/C13H18N2O3.C9H17NO2/c1-10(16)15-12(9-18-2)13(17)14-8-11-6-4-3-5-7-11;10-7-9(6-8(11)12)4-2-1-3-5-9/h3-7,12H,8-9H2,1-2H3,(H,14,17)(H,15,16);1-7,10H2,(H,11,12)/t12-;/m1./s1. The molecule has 2 rings (SSSR count). The number of hydrogen-bond acceptors (Lipinski definition) is 5. The Hall–Kier alpha value is -2.45. The molecule has 0 bridgehead atoms. The lowest BCUT2D eigenvalue weighted by Gasteiger charge is -2.34. The molecule has 0 aliphatic heterocycles. The molecule has 1 aromatic rings. The van der Waals surface area contributed by atoms with Crippen LogP contribution in [0.3, 0.4) is 0 Å². The van der Waals surface area contributed by atoms with E-state index in [9.17, 15) is 14.4 Å². The van der Waals surface area contributed by atoms with Crippen molar-refractivity contribution in [1.82, 2.24) is 10.6 Å². The van der Waals surface area contributed by atoms with Crippen molar-refractivity contribution in [3.63, 3.8) is 0 Å². The van der Waals surface area contributed by atoms with Gasteiger partial charge in [-0.1, -0.05) is 49.6 Å². The van der Waals surface area contributed by atoms with Crippen molar-refractivity contribution in [2.24, 2.45) is 11.1 Å². The maximum Gasteiger partial charge on any atom is 0.303 e. The fourth-order valence-electron chi connectivity index (χ4n) is 3.58. The van der Waals surface area contributed by atoms with Crippen LogP contribution in [0.4, 0.5) is 0 Å². The van der Waals surface area contributed by atoms with Crippen LogP contribution in [0.5, 0.6) is 0 Å². The molecule has 0 heterocycles. The number of amides is 2. The number of nitrogens with two attached hydrogens (primary N) is 1. The molecule has 2 amide bonds. The zero-order valence-electron chi connectivity index (χ0n) is 18.0. The third kappa shape index (κ3) is 9.84. The zero-order valence-corrected chi connectivity index (χ0v) is 18.0. The van der Waals surface area contributed by atoms with E-state index < -0.39 is 12.0 Å². The van der Waals surface area contributed by atoms with Gasteiger partial charge in [-0.2, -0.15) is 0 Å². The fourth-order valence-corrected chi connectivity index (χ4v) is 3.58. The molecule has 1 saturated carbocycles. The summed E-state index contributed by atoms with van der Waals surface area (Å²) in [4.78, 5) is 33.4. The lowest BCUT2D eigenvalue weighted by molar-refractivity contribution is -0.140. The highest BCUT2D eigenvalue weighted by molar-refractivity contribution is 5.86. The summed E-state index contributed by atoms with van der Waals surface area (Å²) in [6.07, 6.45) is 5.77. The number of benzene rings is 1. The first-order valence-corrected chi connectivity index (χ1v) is 10.3. The lowest BCUT2D eigenvalue weighted by atomic mass is 9.72. The normalized spacial score (nSPS) is 15.8. The highest BCUT2D eigenvalue weighted by Gasteiger charge is 2.32. The van der Waals surface area contributed by atoms with Crippen LogP contribution in [0.2, 0.25) is 0 Å². The number of carboxylic acids is 1. The highest BCUT2D eigenvalue weighted by atomic mass is 16.5. The first-order chi connectivity index (χ1) is 14.3. The van der Waals surface area contributed by atoms with Gasteiger partial charge in [0.15, 0.2) is 0 Å². The molecule has 0 radical (unpaired) electrons. The number of hydrogen-bond donors (Lipinski definition) is 4. The second-order valence-electron chi connectivity index (χ2n) is 7.75. The molecule has 1 aromatic carbocycles. The van der Waals surface area contributed by atoms with E-state index in [0.29, 0.717) is 13.1 Å². The predicted molar refractivity (Wildman–Crippen MR) is 115 cm³/mol. The molecule has 1 aliphatic rings. The second-order valence-corrected chi connectivity index (χ2v) is 7.75. The van der Waals surface area contributed by atoms with Gasteiger partial charge in [-0.25, -0.2) is 0 Å². The molecule has 0 saturated heterocycles. The Bertz CT molecular complexity index is 660. The minimum atomic E-state index is -0.706. The van der Waals surface area contributed by atoms with Crippen molar-refractivity contribution in [2.45, 2.75) is 58.0 Å². The number of aliphatic carboxylic acids is 1. The molecule has 168 valence electrons. The van der Waals surface area contributed by atoms with Gasteiger partial charge < -0.3 is 26.2 Å². The number of carbonyl (C=O) groups excluding carboxylic acids is 2. The second kappa shape index (κ2) is 13.7. The SMILES string of the molecule is COC[C@@H](NC(C)=O)C(=O)NCc1ccccc1.NCC1(CC(=O)O)CCCCC1. The number of rotatable bonds is 9. The number of methoxy groups -OCH3 is 1. The van der Waals surface area contributed by atoms with Gasteiger partial charge in [0.2, 0.25) is 11.8 Å². The van der Waals surface area contributed by atoms with Crippen molar-refractivity contribution in [3.05, 3.63) is 35.9 Å². The molecule has 1 atom stereocenters. The minimum Gasteiger partial charge on any atom is -0.481 e. The van der Waals surface area contributed by atoms with Gasteiger partial charge in [0, 0.05) is 20.6 Å². The summed E-state index contributed by atoms with van der Waals surface area (Å²) in [6, 6.07) is 8.91. The molecule has 0 unspecified atom stereocenters. The maximum atomic E-state index is 11.8. The summed E-state index contributed by atoms with van der Waals surface area (Å²) >= 11 is 0. The average molecular weight is 422 g/mol. The summed E-state index contributed by atoms with van der Waals surface area (Å²) in [5.41, 5.74) is 6.55. The van der Waals surface area contributed by atoms with Crippen LogP contribution in [-0.2, 0) is 25.7 Å². The number of ether oxygens (including phenoxy) is 1. The van der Waals surface area contributed by atoms with Gasteiger partial charge in [0.05, 0.1) is 13.0 Å². The van der Waals surface area contributed by atoms with Crippen LogP contribution >= 0.6 is 0 Å². The lowest BCUT2D eigenvalue weighted by Crippen LogP contribution is -2.48. The van der Waals surface area contributed by atoms with Crippen LogP contribution in [-0.4, -0.2) is 49.2 Å². The molecule has 30 heavy (non-hydrogen) atoms. The topological polar surface area (TPSA) is 131 Å². The molecule has 0 spiro atoms. The average Bonchev–Trinajstić information content (AvgIpc) is 2.73. The van der Waals surface area contributed by atoms with Crippen molar-refractivity contribution in [1.29, 1.82) is 0 Å². The van der Waals surface area contributed by atoms with Crippen LogP contribution in [0.1, 0.15) is 51.0 Å². The van der Waals surface area contributed by atoms with Gasteiger partial charge in [-0.3, -0.25) is 14.4 Å². The minimum absolute atomic E-state index is 0.0793. The first kappa shape index (κ1) is 25.6. The summed E-state index contributed by atoms with van der Waals surface area (Å²) < 4.78 is 4.90. The Kier molecular flexibility index (Phi) is 11.7. The Morgan fingerprint density at radius 1 is 1.17 bits per heavy atom. The number of carboxylic acid groups (broad SMARTS) is 1. The van der Waals surface area contributed by atoms with Crippen LogP contribution in [0.15, 0.2) is 30.3 Å². The molecule has 1 aliphatic carbocycles. The Balaban J connectivity index is 0.000000325. The van der Waals surface area contributed by atoms with Crippen molar-refractivity contribution in [3.8, 4) is 0 Å². The first-order valence-electron chi connectivity index (χ1n) is 10.3. The van der Waals surface area contributed by atoms with Crippen LogP contribution < -0.4 is 16.4 Å². The monoisotopic (exact) mass is 421 g/mol. The van der Waals surface area contributed by atoms with Gasteiger partial charge in [-0.15, -0.1) is 0 Å². The zero-order chi connectivity index (χ0) is 22.4. The summed E-state index contributed by atoms with van der Waals surface area (Å²) in [6.45, 7) is 2.48. The summed E-state index contributed by atoms with van der Waals surface area (Å²) in [5, 5.41) is 14.0. The molecule has 5 N–H and O–H groups in total. The third-order valence-corrected chi connectivity index (χ3v) is 5.21. The van der Waals surface area contributed by atoms with Crippen molar-refractivity contribution < 1.29 is 24.2 Å². The quantitative estimate of drug-likeness (QED) is 0.481. The van der Waals surface area contributed by atoms with E-state index in [0.717, 1.165) is 31.2 Å². The van der Waals surface area contributed by atoms with Crippen LogP contribution in [0, 0.1) is 5.41 Å². The smallest absolute Gasteiger partial charge is 0.303 e. The van der Waals surface area contributed by atoms with E-state index in [1.807, 2.05) is 30.3 Å². The summed E-state index contributed by atoms with van der Waals surface area (Å²) in [7, 11) is 1.49. The Labute approximate surface area is 178 Å². The van der Waals surface area contributed by atoms with Gasteiger partial charge >= 0.3 is 5.97 Å². The predicted octanol–water partition coefficient (Wildman–Crippen LogP) is 1.82. The van der Waals surface area contributed by atoms with E-state index in [2.05, 4.69) is 10.6 Å². The van der Waals surface area contributed by atoms with E-state index in [-0.39, 0.29) is 30.3 Å². The molecule has 0 aromatic heterocycles. The number of nitrogens with one attached hydrogen (secondary N) is 2. The van der Waals surface area contributed by atoms with E-state index in [1.165, 1.54) is 20.5 Å². The maximum absolute atomic E-state index is 11.8. The number of carbonyl (C=O) groups is 3. The highest BCUT2D eigenvalue weighted by Crippen LogP contribution is 2.38. The summed E-state index contributed by atoms with van der Waals surface area (Å²) in [5.74, 6) is -1.22. The van der Waals surface area contributed by atoms with E-state index in [1.54, 1.807) is 0 Å². The van der Waals surface area contributed by atoms with Gasteiger partial charge in [0.1, 0.15) is 6.04 Å². The molecule has 8 nitrogen and oxygen atoms in total. The largest absolute Gasteiger partial charge is 0.481 e. The molecule has 1 fully saturated rings. The fraction of sp³-hybridized carbons (Fsp3) is 0.591. The Morgan fingerprint density at radius 3 is 2.30 bits per heavy atom. The Morgan fingerprint density at radius 2 is 1.80 bits per heavy atom.